The van der Waals surface area contributed by atoms with Gasteiger partial charge in [0.25, 0.3) is 4.84 Å². The molecule has 1 aromatic heterocycles. The zero-order valence-corrected chi connectivity index (χ0v) is 12.0. The van der Waals surface area contributed by atoms with Crippen LogP contribution in [0.4, 0.5) is 0 Å². The first-order chi connectivity index (χ1) is 8.47. The molecule has 0 bridgehead atoms. The summed E-state index contributed by atoms with van der Waals surface area (Å²) in [7, 11) is 0. The van der Waals surface area contributed by atoms with E-state index in [2.05, 4.69) is 50.0 Å². The molecular weight excluding hydrogens is 244 g/mol. The first kappa shape index (κ1) is 13.0. The van der Waals surface area contributed by atoms with Crippen molar-refractivity contribution in [2.24, 2.45) is 0 Å². The third-order valence-corrected chi connectivity index (χ3v) is 3.55. The molecule has 2 aromatic rings. The molecule has 18 heavy (non-hydrogen) atoms. The molecule has 2 rings (SSSR count). The Morgan fingerprint density at radius 2 is 1.89 bits per heavy atom. The minimum atomic E-state index is 0.342. The van der Waals surface area contributed by atoms with Crippen LogP contribution in [0.25, 0.3) is 0 Å². The highest BCUT2D eigenvalue weighted by atomic mass is 32.1. The number of H-pyrrole nitrogens is 1. The predicted octanol–water partition coefficient (Wildman–Crippen LogP) is 4.00. The number of nitrogens with one attached hydrogen (secondary N) is 1. The van der Waals surface area contributed by atoms with Crippen LogP contribution in [0.5, 0.6) is 0 Å². The van der Waals surface area contributed by atoms with E-state index in [0.29, 0.717) is 16.6 Å². The number of aryl methyl sites for hydroxylation is 3. The van der Waals surface area contributed by atoms with Gasteiger partial charge in [0.1, 0.15) is 0 Å². The average molecular weight is 262 g/mol. The van der Waals surface area contributed by atoms with Gasteiger partial charge in [0.05, 0.1) is 0 Å². The molecular formula is C14H18N2OS. The molecule has 0 aliphatic heterocycles. The first-order valence-electron chi connectivity index (χ1n) is 6.09. The van der Waals surface area contributed by atoms with Gasteiger partial charge >= 0.3 is 0 Å². The fourth-order valence-corrected chi connectivity index (χ4v) is 2.38. The molecule has 96 valence electrons. The number of aromatic amines is 1. The lowest BCUT2D eigenvalue weighted by Gasteiger charge is -2.15. The Hall–Kier alpha value is -1.42. The minimum absolute atomic E-state index is 0.342. The molecule has 1 unspecified atom stereocenters. The second-order valence-corrected chi connectivity index (χ2v) is 5.28. The highest BCUT2D eigenvalue weighted by molar-refractivity contribution is 7.71. The number of aromatic nitrogens is 2. The van der Waals surface area contributed by atoms with Crippen LogP contribution >= 0.6 is 12.2 Å². The molecule has 1 N–H and O–H groups in total. The molecule has 1 heterocycles. The molecule has 0 radical (unpaired) electrons. The quantitative estimate of drug-likeness (QED) is 0.850. The van der Waals surface area contributed by atoms with E-state index < -0.39 is 0 Å². The van der Waals surface area contributed by atoms with Gasteiger partial charge in [0.2, 0.25) is 5.89 Å². The van der Waals surface area contributed by atoms with Crippen molar-refractivity contribution in [3.63, 3.8) is 0 Å². The summed E-state index contributed by atoms with van der Waals surface area (Å²) >= 11 is 4.88. The fraction of sp³-hybridized carbons (Fsp3) is 0.429. The fourth-order valence-electron chi connectivity index (χ4n) is 2.23. The Bertz CT molecular complexity index is 612. The largest absolute Gasteiger partial charge is 0.414 e. The average Bonchev–Trinajstić information content (AvgIpc) is 2.69. The normalized spacial score (nSPS) is 12.7. The first-order valence-corrected chi connectivity index (χ1v) is 6.50. The van der Waals surface area contributed by atoms with E-state index in [1.165, 1.54) is 22.3 Å². The van der Waals surface area contributed by atoms with Crippen molar-refractivity contribution >= 4 is 12.2 Å². The van der Waals surface area contributed by atoms with Gasteiger partial charge in [-0.15, -0.1) is 5.10 Å². The van der Waals surface area contributed by atoms with Gasteiger partial charge in [-0.25, -0.2) is 5.10 Å². The van der Waals surface area contributed by atoms with E-state index >= 15 is 0 Å². The smallest absolute Gasteiger partial charge is 0.284 e. The van der Waals surface area contributed by atoms with Gasteiger partial charge in [-0.2, -0.15) is 0 Å². The second-order valence-electron chi connectivity index (χ2n) is 4.91. The Balaban J connectivity index is 2.26. The molecule has 0 spiro atoms. The van der Waals surface area contributed by atoms with Crippen LogP contribution in [0.1, 0.15) is 41.0 Å². The number of rotatable bonds is 3. The van der Waals surface area contributed by atoms with E-state index in [1.807, 2.05) is 0 Å². The van der Waals surface area contributed by atoms with Crippen LogP contribution in [-0.2, 0) is 6.42 Å². The predicted molar refractivity (Wildman–Crippen MR) is 74.5 cm³/mol. The summed E-state index contributed by atoms with van der Waals surface area (Å²) < 4.78 is 5.32. The lowest BCUT2D eigenvalue weighted by atomic mass is 9.90. The van der Waals surface area contributed by atoms with Crippen LogP contribution in [0.15, 0.2) is 16.5 Å². The Morgan fingerprint density at radius 3 is 2.50 bits per heavy atom. The summed E-state index contributed by atoms with van der Waals surface area (Å²) in [5.74, 6) is 1.04. The van der Waals surface area contributed by atoms with E-state index in [1.54, 1.807) is 0 Å². The SMILES string of the molecule is Cc1cc(C)c(C(C)Cc2n[nH]c(=S)o2)cc1C. The van der Waals surface area contributed by atoms with Gasteiger partial charge in [0, 0.05) is 6.42 Å². The third kappa shape index (κ3) is 2.70. The maximum Gasteiger partial charge on any atom is 0.284 e. The molecule has 0 aliphatic rings. The van der Waals surface area contributed by atoms with Gasteiger partial charge in [-0.1, -0.05) is 19.1 Å². The van der Waals surface area contributed by atoms with Crippen molar-refractivity contribution < 1.29 is 4.42 Å². The summed E-state index contributed by atoms with van der Waals surface area (Å²) in [6.45, 7) is 8.62. The molecule has 0 fully saturated rings. The summed E-state index contributed by atoms with van der Waals surface area (Å²) in [5.41, 5.74) is 5.33. The van der Waals surface area contributed by atoms with Crippen LogP contribution in [0.3, 0.4) is 0 Å². The van der Waals surface area contributed by atoms with Crippen LogP contribution in [0, 0.1) is 25.6 Å². The van der Waals surface area contributed by atoms with Crippen molar-refractivity contribution in [2.45, 2.75) is 40.0 Å². The number of benzene rings is 1. The van der Waals surface area contributed by atoms with Crippen LogP contribution in [0.2, 0.25) is 0 Å². The molecule has 4 heteroatoms. The maximum absolute atomic E-state index is 5.32. The van der Waals surface area contributed by atoms with Gasteiger partial charge in [-0.3, -0.25) is 0 Å². The number of hydrogen-bond acceptors (Lipinski definition) is 3. The standard InChI is InChI=1S/C14H18N2OS/c1-8-5-10(3)12(6-9(8)2)11(4)7-13-15-16-14(18)17-13/h5-6,11H,7H2,1-4H3,(H,16,18). The Labute approximate surface area is 112 Å². The van der Waals surface area contributed by atoms with Gasteiger partial charge in [0.15, 0.2) is 0 Å². The van der Waals surface area contributed by atoms with Crippen molar-refractivity contribution in [1.82, 2.24) is 10.2 Å². The van der Waals surface area contributed by atoms with Gasteiger partial charge < -0.3 is 4.42 Å². The molecule has 1 aromatic carbocycles. The zero-order chi connectivity index (χ0) is 13.3. The topological polar surface area (TPSA) is 41.8 Å². The van der Waals surface area contributed by atoms with Crippen molar-refractivity contribution in [2.75, 3.05) is 0 Å². The summed E-state index contributed by atoms with van der Waals surface area (Å²) in [4.78, 5) is 0.342. The monoisotopic (exact) mass is 262 g/mol. The summed E-state index contributed by atoms with van der Waals surface area (Å²) in [6, 6.07) is 4.50. The third-order valence-electron chi connectivity index (χ3n) is 3.38. The lowest BCUT2D eigenvalue weighted by molar-refractivity contribution is 0.465. The lowest BCUT2D eigenvalue weighted by Crippen LogP contribution is -2.02. The van der Waals surface area contributed by atoms with Gasteiger partial charge in [-0.05, 0) is 61.2 Å². The second kappa shape index (κ2) is 5.06. The summed E-state index contributed by atoms with van der Waals surface area (Å²) in [6.07, 6.45) is 0.760. The van der Waals surface area contributed by atoms with Crippen LogP contribution < -0.4 is 0 Å². The maximum atomic E-state index is 5.32. The number of hydrogen-bond donors (Lipinski definition) is 1. The molecule has 3 nitrogen and oxygen atoms in total. The van der Waals surface area contributed by atoms with Crippen molar-refractivity contribution in [1.29, 1.82) is 0 Å². The molecule has 0 amide bonds. The molecule has 0 saturated carbocycles. The Morgan fingerprint density at radius 1 is 1.22 bits per heavy atom. The molecule has 1 atom stereocenters. The van der Waals surface area contributed by atoms with Crippen molar-refractivity contribution in [3.05, 3.63) is 45.1 Å². The van der Waals surface area contributed by atoms with E-state index in [0.717, 1.165) is 6.42 Å². The van der Waals surface area contributed by atoms with E-state index in [9.17, 15) is 0 Å². The zero-order valence-electron chi connectivity index (χ0n) is 11.2. The summed E-state index contributed by atoms with van der Waals surface area (Å²) in [5, 5.41) is 6.71. The molecule has 0 aliphatic carbocycles. The van der Waals surface area contributed by atoms with Crippen LogP contribution in [-0.4, -0.2) is 10.2 Å². The highest BCUT2D eigenvalue weighted by Gasteiger charge is 2.13. The highest BCUT2D eigenvalue weighted by Crippen LogP contribution is 2.25. The van der Waals surface area contributed by atoms with E-state index in [4.69, 9.17) is 16.6 Å². The number of nitrogens with zero attached hydrogens (tertiary/aromatic N) is 1. The Kier molecular flexibility index (Phi) is 3.66. The van der Waals surface area contributed by atoms with Crippen molar-refractivity contribution in [3.8, 4) is 0 Å². The minimum Gasteiger partial charge on any atom is -0.414 e. The van der Waals surface area contributed by atoms with E-state index in [-0.39, 0.29) is 0 Å². The molecule has 0 saturated heterocycles.